The first-order chi connectivity index (χ1) is 9.31. The lowest BCUT2D eigenvalue weighted by Gasteiger charge is -2.15. The third-order valence-corrected chi connectivity index (χ3v) is 3.08. The highest BCUT2D eigenvalue weighted by Gasteiger charge is 2.14. The summed E-state index contributed by atoms with van der Waals surface area (Å²) in [7, 11) is 3.38. The zero-order chi connectivity index (χ0) is 15.3. The second-order valence-corrected chi connectivity index (χ2v) is 5.44. The molecule has 3 N–H and O–H groups in total. The Hall–Kier alpha value is -1.88. The average Bonchev–Trinajstić information content (AvgIpc) is 2.37. The number of benzene rings is 1. The van der Waals surface area contributed by atoms with Gasteiger partial charge in [-0.25, -0.2) is 0 Å². The van der Waals surface area contributed by atoms with Gasteiger partial charge < -0.3 is 16.0 Å². The van der Waals surface area contributed by atoms with Crippen LogP contribution in [0.2, 0.25) is 0 Å². The topological polar surface area (TPSA) is 75.4 Å². The fourth-order valence-electron chi connectivity index (χ4n) is 1.65. The summed E-state index contributed by atoms with van der Waals surface area (Å²) in [6.45, 7) is 3.96. The van der Waals surface area contributed by atoms with Crippen molar-refractivity contribution in [3.63, 3.8) is 0 Å². The number of nitrogens with one attached hydrogen (secondary N) is 1. The number of nitrogens with two attached hydrogens (primary N) is 1. The second kappa shape index (κ2) is 7.05. The third kappa shape index (κ3) is 4.66. The maximum absolute atomic E-state index is 11.9. The van der Waals surface area contributed by atoms with Gasteiger partial charge in [0.15, 0.2) is 0 Å². The Kier molecular flexibility index (Phi) is 5.70. The van der Waals surface area contributed by atoms with Gasteiger partial charge in [-0.2, -0.15) is 0 Å². The molecule has 0 saturated heterocycles. The van der Waals surface area contributed by atoms with Crippen LogP contribution >= 0.6 is 0 Å². The summed E-state index contributed by atoms with van der Waals surface area (Å²) in [5.41, 5.74) is 7.02. The average molecular weight is 277 g/mol. The molecule has 0 saturated carbocycles. The molecule has 20 heavy (non-hydrogen) atoms. The minimum atomic E-state index is -0.165. The maximum atomic E-state index is 11.9. The quantitative estimate of drug-likeness (QED) is 0.860. The van der Waals surface area contributed by atoms with E-state index in [0.29, 0.717) is 11.3 Å². The van der Waals surface area contributed by atoms with Gasteiger partial charge in [0, 0.05) is 37.8 Å². The van der Waals surface area contributed by atoms with Crippen molar-refractivity contribution in [2.75, 3.05) is 19.4 Å². The van der Waals surface area contributed by atoms with Gasteiger partial charge in [0.1, 0.15) is 0 Å². The molecule has 0 aliphatic heterocycles. The van der Waals surface area contributed by atoms with E-state index in [1.807, 2.05) is 13.8 Å². The van der Waals surface area contributed by atoms with Crippen LogP contribution in [0.15, 0.2) is 24.3 Å². The summed E-state index contributed by atoms with van der Waals surface area (Å²) in [5.74, 6) is 0.0167. The molecule has 1 aromatic carbocycles. The zero-order valence-electron chi connectivity index (χ0n) is 12.5. The SMILES string of the molecule is CC(C)C(N)CC(=O)Nc1cccc(C(=O)N(C)C)c1. The molecule has 0 aliphatic rings. The molecule has 0 spiro atoms. The van der Waals surface area contributed by atoms with Gasteiger partial charge in [-0.3, -0.25) is 9.59 Å². The third-order valence-electron chi connectivity index (χ3n) is 3.08. The lowest BCUT2D eigenvalue weighted by atomic mass is 10.0. The molecular formula is C15H23N3O2. The summed E-state index contributed by atoms with van der Waals surface area (Å²) < 4.78 is 0. The van der Waals surface area contributed by atoms with Crippen molar-refractivity contribution in [1.82, 2.24) is 4.90 Å². The van der Waals surface area contributed by atoms with E-state index in [1.54, 1.807) is 38.4 Å². The van der Waals surface area contributed by atoms with Gasteiger partial charge in [0.05, 0.1) is 0 Å². The number of nitrogens with zero attached hydrogens (tertiary/aromatic N) is 1. The number of rotatable bonds is 5. The Morgan fingerprint density at radius 3 is 2.50 bits per heavy atom. The minimum absolute atomic E-state index is 0.0972. The molecule has 110 valence electrons. The number of anilines is 1. The first kappa shape index (κ1) is 16.2. The van der Waals surface area contributed by atoms with Gasteiger partial charge in [0.2, 0.25) is 5.91 Å². The summed E-state index contributed by atoms with van der Waals surface area (Å²) in [6, 6.07) is 6.72. The van der Waals surface area contributed by atoms with E-state index in [1.165, 1.54) is 4.90 Å². The van der Waals surface area contributed by atoms with E-state index in [-0.39, 0.29) is 30.2 Å². The van der Waals surface area contributed by atoms with Gasteiger partial charge in [0.25, 0.3) is 5.91 Å². The van der Waals surface area contributed by atoms with Crippen LogP contribution in [0.1, 0.15) is 30.6 Å². The van der Waals surface area contributed by atoms with Crippen molar-refractivity contribution in [2.45, 2.75) is 26.3 Å². The van der Waals surface area contributed by atoms with Crippen molar-refractivity contribution < 1.29 is 9.59 Å². The molecule has 5 heteroatoms. The Morgan fingerprint density at radius 2 is 1.95 bits per heavy atom. The van der Waals surface area contributed by atoms with Crippen molar-refractivity contribution in [1.29, 1.82) is 0 Å². The molecule has 0 aliphatic carbocycles. The first-order valence-electron chi connectivity index (χ1n) is 6.68. The molecule has 1 unspecified atom stereocenters. The largest absolute Gasteiger partial charge is 0.345 e. The summed E-state index contributed by atoms with van der Waals surface area (Å²) in [5, 5.41) is 2.77. The molecule has 2 amide bonds. The van der Waals surface area contributed by atoms with Crippen LogP contribution in [0, 0.1) is 5.92 Å². The highest BCUT2D eigenvalue weighted by Crippen LogP contribution is 2.13. The number of amides is 2. The van der Waals surface area contributed by atoms with Crippen molar-refractivity contribution >= 4 is 17.5 Å². The Bertz CT molecular complexity index is 484. The Morgan fingerprint density at radius 1 is 1.30 bits per heavy atom. The second-order valence-electron chi connectivity index (χ2n) is 5.44. The van der Waals surface area contributed by atoms with Crippen LogP contribution < -0.4 is 11.1 Å². The Labute approximate surface area is 120 Å². The van der Waals surface area contributed by atoms with E-state index in [9.17, 15) is 9.59 Å². The standard InChI is InChI=1S/C15H23N3O2/c1-10(2)13(16)9-14(19)17-12-7-5-6-11(8-12)15(20)18(3)4/h5-8,10,13H,9,16H2,1-4H3,(H,17,19). The first-order valence-corrected chi connectivity index (χ1v) is 6.68. The zero-order valence-corrected chi connectivity index (χ0v) is 12.5. The van der Waals surface area contributed by atoms with E-state index in [0.717, 1.165) is 0 Å². The van der Waals surface area contributed by atoms with E-state index < -0.39 is 0 Å². The van der Waals surface area contributed by atoms with Crippen LogP contribution in [0.4, 0.5) is 5.69 Å². The van der Waals surface area contributed by atoms with Gasteiger partial charge in [-0.05, 0) is 24.1 Å². The Balaban J connectivity index is 2.71. The molecule has 1 aromatic rings. The van der Waals surface area contributed by atoms with E-state index in [2.05, 4.69) is 5.32 Å². The monoisotopic (exact) mass is 277 g/mol. The predicted octanol–water partition coefficient (Wildman–Crippen LogP) is 1.70. The summed E-state index contributed by atoms with van der Waals surface area (Å²) >= 11 is 0. The maximum Gasteiger partial charge on any atom is 0.253 e. The van der Waals surface area contributed by atoms with Crippen LogP contribution in [-0.2, 0) is 4.79 Å². The molecule has 0 radical (unpaired) electrons. The molecular weight excluding hydrogens is 254 g/mol. The van der Waals surface area contributed by atoms with E-state index in [4.69, 9.17) is 5.73 Å². The number of carbonyl (C=O) groups excluding carboxylic acids is 2. The predicted molar refractivity (Wildman–Crippen MR) is 80.5 cm³/mol. The summed E-state index contributed by atoms with van der Waals surface area (Å²) in [6.07, 6.45) is 0.267. The van der Waals surface area contributed by atoms with Crippen molar-refractivity contribution in [2.24, 2.45) is 11.7 Å². The molecule has 1 atom stereocenters. The van der Waals surface area contributed by atoms with Crippen LogP contribution in [0.25, 0.3) is 0 Å². The normalized spacial score (nSPS) is 12.1. The van der Waals surface area contributed by atoms with Crippen molar-refractivity contribution in [3.8, 4) is 0 Å². The molecule has 0 aromatic heterocycles. The lowest BCUT2D eigenvalue weighted by molar-refractivity contribution is -0.116. The number of carbonyl (C=O) groups is 2. The highest BCUT2D eigenvalue weighted by atomic mass is 16.2. The number of hydrogen-bond donors (Lipinski definition) is 2. The van der Waals surface area contributed by atoms with E-state index >= 15 is 0 Å². The molecule has 0 fully saturated rings. The lowest BCUT2D eigenvalue weighted by Crippen LogP contribution is -2.31. The number of hydrogen-bond acceptors (Lipinski definition) is 3. The highest BCUT2D eigenvalue weighted by molar-refractivity contribution is 5.97. The van der Waals surface area contributed by atoms with Gasteiger partial charge >= 0.3 is 0 Å². The fraction of sp³-hybridized carbons (Fsp3) is 0.467. The van der Waals surface area contributed by atoms with Crippen molar-refractivity contribution in [3.05, 3.63) is 29.8 Å². The van der Waals surface area contributed by atoms with Crippen LogP contribution in [-0.4, -0.2) is 36.9 Å². The smallest absolute Gasteiger partial charge is 0.253 e. The molecule has 5 nitrogen and oxygen atoms in total. The van der Waals surface area contributed by atoms with Crippen LogP contribution in [0.3, 0.4) is 0 Å². The van der Waals surface area contributed by atoms with Crippen LogP contribution in [0.5, 0.6) is 0 Å². The molecule has 1 rings (SSSR count). The summed E-state index contributed by atoms with van der Waals surface area (Å²) in [4.78, 5) is 25.2. The van der Waals surface area contributed by atoms with Gasteiger partial charge in [-0.1, -0.05) is 19.9 Å². The molecule has 0 heterocycles. The fourth-order valence-corrected chi connectivity index (χ4v) is 1.65. The van der Waals surface area contributed by atoms with Gasteiger partial charge in [-0.15, -0.1) is 0 Å². The minimum Gasteiger partial charge on any atom is -0.345 e. The molecule has 0 bridgehead atoms.